The van der Waals surface area contributed by atoms with E-state index in [1.165, 1.54) is 24.0 Å². The normalized spacial score (nSPS) is 28.9. The standard InChI is InChI=1S/C16H21NO2.ClH/c1-11-2-4-12(5-3-11)10-17-14-6-7-15(17)9-13(8-14)16(18)19;/h2-5,13-15H,6-10H2,1H3,(H,18,19);1H. The molecule has 0 aliphatic carbocycles. The zero-order chi connectivity index (χ0) is 13.4. The topological polar surface area (TPSA) is 40.5 Å². The first-order valence-corrected chi connectivity index (χ1v) is 7.17. The van der Waals surface area contributed by atoms with E-state index in [0.29, 0.717) is 12.1 Å². The van der Waals surface area contributed by atoms with Gasteiger partial charge in [-0.2, -0.15) is 0 Å². The maximum absolute atomic E-state index is 11.2. The summed E-state index contributed by atoms with van der Waals surface area (Å²) in [4.78, 5) is 13.7. The number of piperidine rings is 1. The van der Waals surface area contributed by atoms with Crippen LogP contribution >= 0.6 is 12.4 Å². The lowest BCUT2D eigenvalue weighted by Gasteiger charge is -2.37. The van der Waals surface area contributed by atoms with E-state index in [1.807, 2.05) is 0 Å². The second-order valence-electron chi connectivity index (χ2n) is 6.05. The second-order valence-corrected chi connectivity index (χ2v) is 6.05. The van der Waals surface area contributed by atoms with Gasteiger partial charge in [-0.25, -0.2) is 0 Å². The van der Waals surface area contributed by atoms with E-state index in [1.54, 1.807) is 0 Å². The van der Waals surface area contributed by atoms with Crippen molar-refractivity contribution >= 4 is 18.4 Å². The summed E-state index contributed by atoms with van der Waals surface area (Å²) in [6, 6.07) is 9.64. The quantitative estimate of drug-likeness (QED) is 0.930. The second kappa shape index (κ2) is 6.15. The van der Waals surface area contributed by atoms with E-state index >= 15 is 0 Å². The molecule has 110 valence electrons. The summed E-state index contributed by atoms with van der Waals surface area (Å²) in [6.45, 7) is 3.08. The Labute approximate surface area is 126 Å². The van der Waals surface area contributed by atoms with Gasteiger partial charge in [-0.3, -0.25) is 9.69 Å². The highest BCUT2D eigenvalue weighted by Gasteiger charge is 2.42. The fourth-order valence-electron chi connectivity index (χ4n) is 3.64. The molecular weight excluding hydrogens is 274 g/mol. The van der Waals surface area contributed by atoms with Crippen LogP contribution in [-0.4, -0.2) is 28.1 Å². The third kappa shape index (κ3) is 2.99. The first-order chi connectivity index (χ1) is 9.13. The number of aliphatic carboxylic acids is 1. The molecule has 2 saturated heterocycles. The summed E-state index contributed by atoms with van der Waals surface area (Å²) >= 11 is 0. The molecule has 20 heavy (non-hydrogen) atoms. The lowest BCUT2D eigenvalue weighted by molar-refractivity contribution is -0.144. The van der Waals surface area contributed by atoms with Crippen LogP contribution < -0.4 is 0 Å². The minimum Gasteiger partial charge on any atom is -0.481 e. The van der Waals surface area contributed by atoms with Gasteiger partial charge in [0.2, 0.25) is 0 Å². The van der Waals surface area contributed by atoms with Gasteiger partial charge in [-0.15, -0.1) is 12.4 Å². The summed E-state index contributed by atoms with van der Waals surface area (Å²) in [6.07, 6.45) is 4.00. The highest BCUT2D eigenvalue weighted by atomic mass is 35.5. The largest absolute Gasteiger partial charge is 0.481 e. The molecule has 0 saturated carbocycles. The molecule has 0 amide bonds. The number of carboxylic acids is 1. The Balaban J connectivity index is 0.00000147. The van der Waals surface area contributed by atoms with E-state index in [9.17, 15) is 9.90 Å². The number of carbonyl (C=O) groups is 1. The van der Waals surface area contributed by atoms with Crippen LogP contribution in [0, 0.1) is 12.8 Å². The number of benzene rings is 1. The Bertz CT molecular complexity index is 460. The number of halogens is 1. The predicted octanol–water partition coefficient (Wildman–Crippen LogP) is 3.24. The SMILES string of the molecule is Cc1ccc(CN2C3CCC2CC(C(=O)O)C3)cc1.Cl. The maximum atomic E-state index is 11.2. The highest BCUT2D eigenvalue weighted by Crippen LogP contribution is 2.39. The van der Waals surface area contributed by atoms with Crippen LogP contribution in [0.25, 0.3) is 0 Å². The lowest BCUT2D eigenvalue weighted by Crippen LogP contribution is -2.44. The molecule has 2 unspecified atom stereocenters. The number of hydrogen-bond acceptors (Lipinski definition) is 2. The van der Waals surface area contributed by atoms with Gasteiger partial charge in [0.05, 0.1) is 5.92 Å². The molecule has 2 bridgehead atoms. The Morgan fingerprint density at radius 1 is 1.20 bits per heavy atom. The van der Waals surface area contributed by atoms with Crippen molar-refractivity contribution in [2.45, 2.75) is 51.2 Å². The minimum absolute atomic E-state index is 0. The first kappa shape index (κ1) is 15.3. The molecule has 0 aromatic heterocycles. The molecule has 2 aliphatic heterocycles. The van der Waals surface area contributed by atoms with Crippen LogP contribution in [-0.2, 0) is 11.3 Å². The molecule has 3 nitrogen and oxygen atoms in total. The number of nitrogens with zero attached hydrogens (tertiary/aromatic N) is 1. The Kier molecular flexibility index (Phi) is 4.71. The maximum Gasteiger partial charge on any atom is 0.306 e. The molecule has 3 rings (SSSR count). The molecule has 2 atom stereocenters. The average molecular weight is 296 g/mol. The van der Waals surface area contributed by atoms with Gasteiger partial charge in [0, 0.05) is 18.6 Å². The van der Waals surface area contributed by atoms with Crippen molar-refractivity contribution in [3.63, 3.8) is 0 Å². The third-order valence-corrected chi connectivity index (χ3v) is 4.72. The van der Waals surface area contributed by atoms with Crippen LogP contribution in [0.3, 0.4) is 0 Å². The third-order valence-electron chi connectivity index (χ3n) is 4.72. The van der Waals surface area contributed by atoms with E-state index < -0.39 is 5.97 Å². The Morgan fingerprint density at radius 3 is 2.25 bits per heavy atom. The van der Waals surface area contributed by atoms with Gasteiger partial charge in [0.1, 0.15) is 0 Å². The molecular formula is C16H22ClNO2. The van der Waals surface area contributed by atoms with Gasteiger partial charge in [-0.1, -0.05) is 29.8 Å². The van der Waals surface area contributed by atoms with Crippen molar-refractivity contribution < 1.29 is 9.90 Å². The van der Waals surface area contributed by atoms with Crippen LogP contribution in [0.15, 0.2) is 24.3 Å². The molecule has 1 aromatic carbocycles. The summed E-state index contributed by atoms with van der Waals surface area (Å²) in [5.74, 6) is -0.723. The van der Waals surface area contributed by atoms with E-state index in [2.05, 4.69) is 36.1 Å². The van der Waals surface area contributed by atoms with E-state index in [-0.39, 0.29) is 18.3 Å². The van der Waals surface area contributed by atoms with Crippen LogP contribution in [0.2, 0.25) is 0 Å². The number of rotatable bonds is 3. The molecule has 0 spiro atoms. The zero-order valence-corrected chi connectivity index (χ0v) is 12.6. The summed E-state index contributed by atoms with van der Waals surface area (Å²) in [5, 5.41) is 9.19. The average Bonchev–Trinajstić information content (AvgIpc) is 2.62. The van der Waals surface area contributed by atoms with Crippen molar-refractivity contribution in [1.29, 1.82) is 0 Å². The van der Waals surface area contributed by atoms with Gasteiger partial charge in [0.15, 0.2) is 0 Å². The van der Waals surface area contributed by atoms with Gasteiger partial charge in [0.25, 0.3) is 0 Å². The van der Waals surface area contributed by atoms with Crippen LogP contribution in [0.4, 0.5) is 0 Å². The Hall–Kier alpha value is -1.06. The van der Waals surface area contributed by atoms with Crippen molar-refractivity contribution in [3.8, 4) is 0 Å². The van der Waals surface area contributed by atoms with Crippen molar-refractivity contribution in [2.75, 3.05) is 0 Å². The molecule has 1 N–H and O–H groups in total. The summed E-state index contributed by atoms with van der Waals surface area (Å²) < 4.78 is 0. The van der Waals surface area contributed by atoms with Crippen LogP contribution in [0.1, 0.15) is 36.8 Å². The van der Waals surface area contributed by atoms with Crippen molar-refractivity contribution in [2.24, 2.45) is 5.92 Å². The van der Waals surface area contributed by atoms with E-state index in [4.69, 9.17) is 0 Å². The molecule has 0 radical (unpaired) electrons. The Morgan fingerprint density at radius 2 is 1.75 bits per heavy atom. The van der Waals surface area contributed by atoms with Gasteiger partial charge < -0.3 is 5.11 Å². The monoisotopic (exact) mass is 295 g/mol. The van der Waals surface area contributed by atoms with Gasteiger partial charge in [-0.05, 0) is 38.2 Å². The van der Waals surface area contributed by atoms with E-state index in [0.717, 1.165) is 19.4 Å². The van der Waals surface area contributed by atoms with Crippen molar-refractivity contribution in [1.82, 2.24) is 4.90 Å². The van der Waals surface area contributed by atoms with Gasteiger partial charge >= 0.3 is 5.97 Å². The van der Waals surface area contributed by atoms with Crippen LogP contribution in [0.5, 0.6) is 0 Å². The highest BCUT2D eigenvalue weighted by molar-refractivity contribution is 5.85. The number of fused-ring (bicyclic) bond motifs is 2. The fraction of sp³-hybridized carbons (Fsp3) is 0.562. The number of aryl methyl sites for hydroxylation is 1. The number of carboxylic acid groups (broad SMARTS) is 1. The molecule has 2 aliphatic rings. The fourth-order valence-corrected chi connectivity index (χ4v) is 3.64. The molecule has 4 heteroatoms. The smallest absolute Gasteiger partial charge is 0.306 e. The molecule has 1 aromatic rings. The minimum atomic E-state index is -0.605. The van der Waals surface area contributed by atoms with Crippen molar-refractivity contribution in [3.05, 3.63) is 35.4 Å². The first-order valence-electron chi connectivity index (χ1n) is 7.17. The predicted molar refractivity (Wildman–Crippen MR) is 81.1 cm³/mol. The summed E-state index contributed by atoms with van der Waals surface area (Å²) in [5.41, 5.74) is 2.63. The molecule has 2 fully saturated rings. The molecule has 2 heterocycles. The summed E-state index contributed by atoms with van der Waals surface area (Å²) in [7, 11) is 0. The number of hydrogen-bond donors (Lipinski definition) is 1. The lowest BCUT2D eigenvalue weighted by atomic mass is 9.90. The zero-order valence-electron chi connectivity index (χ0n) is 11.8.